The molecule has 0 bridgehead atoms. The molecule has 33 heavy (non-hydrogen) atoms. The van der Waals surface area contributed by atoms with Crippen LogP contribution >= 0.6 is 11.3 Å². The molecule has 0 radical (unpaired) electrons. The summed E-state index contributed by atoms with van der Waals surface area (Å²) in [6, 6.07) is 9.35. The molecule has 7 nitrogen and oxygen atoms in total. The molecule has 4 heterocycles. The van der Waals surface area contributed by atoms with Crippen molar-refractivity contribution in [2.24, 2.45) is 5.41 Å². The molecule has 3 aliphatic heterocycles. The van der Waals surface area contributed by atoms with Crippen molar-refractivity contribution in [3.63, 3.8) is 0 Å². The maximum Gasteiger partial charge on any atom is 0.208 e. The van der Waals surface area contributed by atoms with Gasteiger partial charge in [-0.15, -0.1) is 10.2 Å². The van der Waals surface area contributed by atoms with Gasteiger partial charge in [-0.1, -0.05) is 29.5 Å². The number of nitrogens with zero attached hydrogens (tertiary/aromatic N) is 4. The molecule has 8 heteroatoms. The summed E-state index contributed by atoms with van der Waals surface area (Å²) < 4.78 is 17.5. The van der Waals surface area contributed by atoms with Gasteiger partial charge in [-0.3, -0.25) is 0 Å². The van der Waals surface area contributed by atoms with Crippen molar-refractivity contribution >= 4 is 16.5 Å². The summed E-state index contributed by atoms with van der Waals surface area (Å²) in [5, 5.41) is 9.34. The second-order valence-corrected chi connectivity index (χ2v) is 11.0. The lowest BCUT2D eigenvalue weighted by atomic mass is 9.78. The smallest absolute Gasteiger partial charge is 0.208 e. The Kier molecular flexibility index (Phi) is 6.26. The number of piperidine rings is 1. The minimum Gasteiger partial charge on any atom is -0.490 e. The molecule has 178 valence electrons. The number of rotatable bonds is 6. The quantitative estimate of drug-likeness (QED) is 0.640. The van der Waals surface area contributed by atoms with Gasteiger partial charge in [-0.25, -0.2) is 0 Å². The third kappa shape index (κ3) is 4.63. The molecule has 1 saturated carbocycles. The Morgan fingerprint density at radius 3 is 2.79 bits per heavy atom. The first kappa shape index (κ1) is 21.8. The van der Waals surface area contributed by atoms with Gasteiger partial charge in [0.05, 0.1) is 19.8 Å². The van der Waals surface area contributed by atoms with Crippen LogP contribution in [0.15, 0.2) is 29.8 Å². The number of benzene rings is 1. The maximum atomic E-state index is 6.21. The van der Waals surface area contributed by atoms with E-state index in [0.717, 1.165) is 30.0 Å². The van der Waals surface area contributed by atoms with Crippen LogP contribution in [0.3, 0.4) is 0 Å². The second-order valence-electron chi connectivity index (χ2n) is 10.2. The van der Waals surface area contributed by atoms with Crippen LogP contribution in [0.5, 0.6) is 5.75 Å². The lowest BCUT2D eigenvalue weighted by molar-refractivity contribution is -0.101. The molecule has 4 aliphatic rings. The van der Waals surface area contributed by atoms with E-state index in [0.29, 0.717) is 37.8 Å². The van der Waals surface area contributed by atoms with Crippen LogP contribution in [0.4, 0.5) is 5.13 Å². The molecule has 1 aliphatic carbocycles. The molecule has 3 saturated heterocycles. The summed E-state index contributed by atoms with van der Waals surface area (Å²) in [5.41, 5.74) is 3.71. The Labute approximate surface area is 200 Å². The normalized spacial score (nSPS) is 28.2. The summed E-state index contributed by atoms with van der Waals surface area (Å²) in [6.07, 6.45) is 6.51. The minimum atomic E-state index is 0.0395. The van der Waals surface area contributed by atoms with Gasteiger partial charge in [0, 0.05) is 24.5 Å². The van der Waals surface area contributed by atoms with Crippen LogP contribution in [0.25, 0.3) is 0 Å². The number of aromatic nitrogens is 2. The Bertz CT molecular complexity index is 906. The topological polar surface area (TPSA) is 60.0 Å². The van der Waals surface area contributed by atoms with Gasteiger partial charge in [-0.05, 0) is 62.7 Å². The summed E-state index contributed by atoms with van der Waals surface area (Å²) in [6.45, 7) is 7.26. The molecule has 0 unspecified atom stereocenters. The second kappa shape index (κ2) is 9.49. The molecule has 1 spiro atoms. The van der Waals surface area contributed by atoms with Crippen LogP contribution < -0.4 is 9.64 Å². The summed E-state index contributed by atoms with van der Waals surface area (Å²) in [4.78, 5) is 5.18. The van der Waals surface area contributed by atoms with Crippen LogP contribution in [-0.4, -0.2) is 79.8 Å². The zero-order valence-electron chi connectivity index (χ0n) is 19.2. The van der Waals surface area contributed by atoms with E-state index in [4.69, 9.17) is 14.2 Å². The van der Waals surface area contributed by atoms with Crippen molar-refractivity contribution in [1.29, 1.82) is 0 Å². The van der Waals surface area contributed by atoms with E-state index in [-0.39, 0.29) is 6.10 Å². The summed E-state index contributed by atoms with van der Waals surface area (Å²) in [5.74, 6) is 1.60. The highest BCUT2D eigenvalue weighted by Gasteiger charge is 2.50. The van der Waals surface area contributed by atoms with Crippen molar-refractivity contribution in [2.75, 3.05) is 57.5 Å². The minimum absolute atomic E-state index is 0.0395. The highest BCUT2D eigenvalue weighted by molar-refractivity contribution is 7.13. The molecular weight excluding hydrogens is 436 g/mol. The van der Waals surface area contributed by atoms with Gasteiger partial charge in [0.2, 0.25) is 5.13 Å². The molecule has 0 N–H and O–H groups in total. The van der Waals surface area contributed by atoms with Gasteiger partial charge >= 0.3 is 0 Å². The van der Waals surface area contributed by atoms with Crippen molar-refractivity contribution in [2.45, 2.75) is 50.2 Å². The van der Waals surface area contributed by atoms with E-state index in [1.165, 1.54) is 50.8 Å². The lowest BCUT2D eigenvalue weighted by Gasteiger charge is -2.48. The third-order valence-electron chi connectivity index (χ3n) is 8.06. The molecular formula is C25H34N4O3S. The number of ether oxygens (including phenoxy) is 3. The molecule has 4 fully saturated rings. The average molecular weight is 471 g/mol. The SMILES string of the molecule is c1ccc(C2CCN([C@@H]3CCC4(C3)CN(c3nncs3)C4)CC2)c(OC[C@@H]2COCCO2)c1. The molecule has 0 amide bonds. The first-order valence-corrected chi connectivity index (χ1v) is 13.3. The number of hydrogen-bond donors (Lipinski definition) is 0. The van der Waals surface area contributed by atoms with Crippen molar-refractivity contribution < 1.29 is 14.2 Å². The third-order valence-corrected chi connectivity index (χ3v) is 8.81. The van der Waals surface area contributed by atoms with Gasteiger partial charge in [-0.2, -0.15) is 0 Å². The van der Waals surface area contributed by atoms with Crippen molar-refractivity contribution in [1.82, 2.24) is 15.1 Å². The molecule has 2 atom stereocenters. The van der Waals surface area contributed by atoms with Gasteiger partial charge < -0.3 is 24.0 Å². The van der Waals surface area contributed by atoms with Crippen LogP contribution in [0.2, 0.25) is 0 Å². The van der Waals surface area contributed by atoms with Crippen LogP contribution in [0, 0.1) is 5.41 Å². The summed E-state index contributed by atoms with van der Waals surface area (Å²) >= 11 is 1.66. The fraction of sp³-hybridized carbons (Fsp3) is 0.680. The lowest BCUT2D eigenvalue weighted by Crippen LogP contribution is -2.56. The maximum absolute atomic E-state index is 6.21. The van der Waals surface area contributed by atoms with Gasteiger partial charge in [0.1, 0.15) is 24.0 Å². The molecule has 6 rings (SSSR count). The molecule has 1 aromatic heterocycles. The zero-order chi connectivity index (χ0) is 22.1. The number of anilines is 1. The Hall–Kier alpha value is -1.74. The Morgan fingerprint density at radius 1 is 1.12 bits per heavy atom. The fourth-order valence-corrected chi connectivity index (χ4v) is 6.88. The predicted molar refractivity (Wildman–Crippen MR) is 128 cm³/mol. The van der Waals surface area contributed by atoms with Gasteiger partial charge in [0.25, 0.3) is 0 Å². The van der Waals surface area contributed by atoms with Crippen LogP contribution in [0.1, 0.15) is 43.6 Å². The highest BCUT2D eigenvalue weighted by Crippen LogP contribution is 2.49. The largest absolute Gasteiger partial charge is 0.490 e. The van der Waals surface area contributed by atoms with Crippen molar-refractivity contribution in [3.05, 3.63) is 35.3 Å². The monoisotopic (exact) mass is 470 g/mol. The standard InChI is InChI=1S/C25H34N4O3S/c1-2-4-23(32-15-21-14-30-11-12-31-21)22(3-1)19-6-9-28(10-7-19)20-5-8-25(13-20)16-29(17-25)24-27-26-18-33-24/h1-4,18-21H,5-17H2/t20-,21+/m1/s1. The van der Waals surface area contributed by atoms with Crippen LogP contribution in [-0.2, 0) is 9.47 Å². The van der Waals surface area contributed by atoms with E-state index in [1.807, 2.05) is 5.51 Å². The van der Waals surface area contributed by atoms with Gasteiger partial charge in [0.15, 0.2) is 0 Å². The van der Waals surface area contributed by atoms with E-state index in [2.05, 4.69) is 44.3 Å². The highest BCUT2D eigenvalue weighted by atomic mass is 32.1. The van der Waals surface area contributed by atoms with E-state index in [9.17, 15) is 0 Å². The number of para-hydroxylation sites is 1. The van der Waals surface area contributed by atoms with E-state index in [1.54, 1.807) is 11.3 Å². The Morgan fingerprint density at radius 2 is 2.00 bits per heavy atom. The number of likely N-dealkylation sites (tertiary alicyclic amines) is 1. The predicted octanol–water partition coefficient (Wildman–Crippen LogP) is 3.57. The van der Waals surface area contributed by atoms with E-state index < -0.39 is 0 Å². The fourth-order valence-electron chi connectivity index (χ4n) is 6.32. The average Bonchev–Trinajstić information content (AvgIpc) is 3.53. The Balaban J connectivity index is 1.01. The van der Waals surface area contributed by atoms with Crippen molar-refractivity contribution in [3.8, 4) is 5.75 Å². The first-order valence-electron chi connectivity index (χ1n) is 12.4. The van der Waals surface area contributed by atoms with E-state index >= 15 is 0 Å². The molecule has 2 aromatic rings. The molecule has 1 aromatic carbocycles. The first-order chi connectivity index (χ1) is 16.3. The number of hydrogen-bond acceptors (Lipinski definition) is 8. The zero-order valence-corrected chi connectivity index (χ0v) is 20.0. The summed E-state index contributed by atoms with van der Waals surface area (Å²) in [7, 11) is 0.